The zero-order valence-electron chi connectivity index (χ0n) is 18.6. The summed E-state index contributed by atoms with van der Waals surface area (Å²) in [7, 11) is 1.24. The van der Waals surface area contributed by atoms with E-state index in [1.807, 2.05) is 20.8 Å². The number of ether oxygens (including phenoxy) is 2. The van der Waals surface area contributed by atoms with Gasteiger partial charge in [0, 0.05) is 23.4 Å². The standard InChI is InChI=1S/C23H28F2N2O5/c1-12-17(14-6-7-15(24)18(25)19(14)31-5)20(32-22(12,2)3)21(29)27-13-8-9-26-16(10-13)23(4,30)11-28/h6-10,12,17,20,28,30H,11H2,1-5H3,(H,26,27,29)/t12-,17+,20-,23?/m1/s1. The van der Waals surface area contributed by atoms with Gasteiger partial charge in [-0.15, -0.1) is 0 Å². The number of benzene rings is 1. The van der Waals surface area contributed by atoms with Crippen molar-refractivity contribution in [3.05, 3.63) is 53.4 Å². The first-order chi connectivity index (χ1) is 14.9. The van der Waals surface area contributed by atoms with E-state index in [-0.39, 0.29) is 17.4 Å². The molecule has 1 aromatic carbocycles. The number of rotatable bonds is 6. The Labute approximate surface area is 185 Å². The molecular formula is C23H28F2N2O5. The lowest BCUT2D eigenvalue weighted by molar-refractivity contribution is -0.131. The number of halogens is 2. The second-order valence-corrected chi connectivity index (χ2v) is 8.79. The van der Waals surface area contributed by atoms with Crippen molar-refractivity contribution in [3.63, 3.8) is 0 Å². The molecule has 2 heterocycles. The van der Waals surface area contributed by atoms with Crippen molar-refractivity contribution < 1.29 is 33.3 Å². The first-order valence-corrected chi connectivity index (χ1v) is 10.2. The lowest BCUT2D eigenvalue weighted by Crippen LogP contribution is -2.33. The third kappa shape index (κ3) is 4.32. The Kier molecular flexibility index (Phi) is 6.55. The highest BCUT2D eigenvalue weighted by Crippen LogP contribution is 2.49. The molecule has 0 radical (unpaired) electrons. The minimum atomic E-state index is -1.58. The third-order valence-corrected chi connectivity index (χ3v) is 6.18. The molecule has 3 rings (SSSR count). The molecular weight excluding hydrogens is 422 g/mol. The molecule has 1 aromatic heterocycles. The predicted molar refractivity (Wildman–Crippen MR) is 113 cm³/mol. The van der Waals surface area contributed by atoms with Crippen LogP contribution in [0.2, 0.25) is 0 Å². The summed E-state index contributed by atoms with van der Waals surface area (Å²) in [6.45, 7) is 6.38. The molecule has 174 valence electrons. The number of hydrogen-bond donors (Lipinski definition) is 3. The summed E-state index contributed by atoms with van der Waals surface area (Å²) >= 11 is 0. The van der Waals surface area contributed by atoms with Crippen LogP contribution >= 0.6 is 0 Å². The SMILES string of the molecule is COc1c([C@@H]2[C@@H](C)C(C)(C)O[C@H]2C(=O)Nc2ccnc(C(C)(O)CO)c2)ccc(F)c1F. The minimum absolute atomic E-state index is 0.178. The van der Waals surface area contributed by atoms with Gasteiger partial charge in [0.2, 0.25) is 5.82 Å². The van der Waals surface area contributed by atoms with Gasteiger partial charge < -0.3 is 25.0 Å². The van der Waals surface area contributed by atoms with Crippen LogP contribution < -0.4 is 10.1 Å². The van der Waals surface area contributed by atoms with Gasteiger partial charge in [-0.25, -0.2) is 4.39 Å². The van der Waals surface area contributed by atoms with E-state index in [4.69, 9.17) is 9.47 Å². The molecule has 7 nitrogen and oxygen atoms in total. The van der Waals surface area contributed by atoms with E-state index in [0.29, 0.717) is 11.3 Å². The van der Waals surface area contributed by atoms with Gasteiger partial charge >= 0.3 is 0 Å². The van der Waals surface area contributed by atoms with Crippen molar-refractivity contribution in [1.82, 2.24) is 4.98 Å². The zero-order valence-corrected chi connectivity index (χ0v) is 18.6. The highest BCUT2D eigenvalue weighted by molar-refractivity contribution is 5.95. The number of aliphatic hydroxyl groups excluding tert-OH is 1. The van der Waals surface area contributed by atoms with E-state index in [1.165, 1.54) is 38.4 Å². The van der Waals surface area contributed by atoms with Crippen molar-refractivity contribution in [1.29, 1.82) is 0 Å². The number of carbonyl (C=O) groups excluding carboxylic acids is 1. The normalized spacial score (nSPS) is 24.1. The Morgan fingerprint density at radius 2 is 2.03 bits per heavy atom. The summed E-state index contributed by atoms with van der Waals surface area (Å²) < 4.78 is 39.4. The van der Waals surface area contributed by atoms with Crippen LogP contribution in [0.15, 0.2) is 30.5 Å². The molecule has 4 atom stereocenters. The highest BCUT2D eigenvalue weighted by Gasteiger charge is 2.51. The van der Waals surface area contributed by atoms with Crippen LogP contribution in [0.3, 0.4) is 0 Å². The van der Waals surface area contributed by atoms with Gasteiger partial charge in [-0.3, -0.25) is 9.78 Å². The summed E-state index contributed by atoms with van der Waals surface area (Å²) in [5, 5.41) is 22.3. The minimum Gasteiger partial charge on any atom is -0.493 e. The molecule has 1 aliphatic heterocycles. The monoisotopic (exact) mass is 450 g/mol. The number of methoxy groups -OCH3 is 1. The van der Waals surface area contributed by atoms with Crippen molar-refractivity contribution in [2.24, 2.45) is 5.92 Å². The van der Waals surface area contributed by atoms with Crippen molar-refractivity contribution in [2.45, 2.75) is 50.9 Å². The number of carbonyl (C=O) groups is 1. The Morgan fingerprint density at radius 3 is 2.66 bits per heavy atom. The van der Waals surface area contributed by atoms with Gasteiger partial charge in [0.15, 0.2) is 11.6 Å². The number of nitrogens with one attached hydrogen (secondary N) is 1. The van der Waals surface area contributed by atoms with Crippen molar-refractivity contribution in [2.75, 3.05) is 19.0 Å². The van der Waals surface area contributed by atoms with E-state index < -0.39 is 47.4 Å². The fourth-order valence-corrected chi connectivity index (χ4v) is 3.97. The maximum Gasteiger partial charge on any atom is 0.254 e. The van der Waals surface area contributed by atoms with E-state index in [2.05, 4.69) is 10.3 Å². The Morgan fingerprint density at radius 1 is 1.34 bits per heavy atom. The molecule has 2 aromatic rings. The van der Waals surface area contributed by atoms with E-state index >= 15 is 0 Å². The van der Waals surface area contributed by atoms with Crippen LogP contribution in [0.5, 0.6) is 5.75 Å². The van der Waals surface area contributed by atoms with Gasteiger partial charge in [0.05, 0.1) is 25.0 Å². The van der Waals surface area contributed by atoms with Gasteiger partial charge in [0.25, 0.3) is 5.91 Å². The van der Waals surface area contributed by atoms with Crippen LogP contribution in [0.25, 0.3) is 0 Å². The molecule has 1 fully saturated rings. The number of hydrogen-bond acceptors (Lipinski definition) is 6. The maximum atomic E-state index is 14.4. The quantitative estimate of drug-likeness (QED) is 0.625. The molecule has 0 bridgehead atoms. The van der Waals surface area contributed by atoms with Crippen LogP contribution in [-0.4, -0.2) is 46.5 Å². The number of aliphatic hydroxyl groups is 2. The van der Waals surface area contributed by atoms with Crippen molar-refractivity contribution in [3.8, 4) is 5.75 Å². The predicted octanol–water partition coefficient (Wildman–Crippen LogP) is 3.10. The molecule has 3 N–H and O–H groups in total. The second-order valence-electron chi connectivity index (χ2n) is 8.79. The summed E-state index contributed by atoms with van der Waals surface area (Å²) in [5.74, 6) is -3.77. The summed E-state index contributed by atoms with van der Waals surface area (Å²) in [6.07, 6.45) is 0.376. The average molecular weight is 450 g/mol. The maximum absolute atomic E-state index is 14.4. The lowest BCUT2D eigenvalue weighted by atomic mass is 9.78. The molecule has 1 amide bonds. The molecule has 0 saturated carbocycles. The number of anilines is 1. The Balaban J connectivity index is 1.97. The second kappa shape index (κ2) is 8.73. The number of nitrogens with zero attached hydrogens (tertiary/aromatic N) is 1. The first kappa shape index (κ1) is 24.0. The Bertz CT molecular complexity index is 1010. The molecule has 1 aliphatic rings. The Hall–Kier alpha value is -2.62. The van der Waals surface area contributed by atoms with Gasteiger partial charge in [0.1, 0.15) is 11.7 Å². The fourth-order valence-electron chi connectivity index (χ4n) is 3.97. The van der Waals surface area contributed by atoms with E-state index in [0.717, 1.165) is 6.07 Å². The lowest BCUT2D eigenvalue weighted by Gasteiger charge is -2.26. The van der Waals surface area contributed by atoms with Gasteiger partial charge in [-0.2, -0.15) is 4.39 Å². The number of amides is 1. The van der Waals surface area contributed by atoms with E-state index in [1.54, 1.807) is 0 Å². The molecule has 0 aliphatic carbocycles. The van der Waals surface area contributed by atoms with Crippen molar-refractivity contribution >= 4 is 11.6 Å². The zero-order chi connectivity index (χ0) is 23.8. The number of pyridine rings is 1. The van der Waals surface area contributed by atoms with Crippen LogP contribution in [-0.2, 0) is 15.1 Å². The molecule has 0 spiro atoms. The highest BCUT2D eigenvalue weighted by atomic mass is 19.2. The van der Waals surface area contributed by atoms with Gasteiger partial charge in [-0.05, 0) is 44.9 Å². The molecule has 32 heavy (non-hydrogen) atoms. The summed E-state index contributed by atoms with van der Waals surface area (Å²) in [4.78, 5) is 17.3. The molecule has 1 unspecified atom stereocenters. The van der Waals surface area contributed by atoms with Gasteiger partial charge in [-0.1, -0.05) is 13.0 Å². The summed E-state index contributed by atoms with van der Waals surface area (Å²) in [5.41, 5.74) is -1.46. The number of aromatic nitrogens is 1. The molecule has 9 heteroatoms. The van der Waals surface area contributed by atoms with Crippen LogP contribution in [0.1, 0.15) is 44.9 Å². The van der Waals surface area contributed by atoms with E-state index in [9.17, 15) is 23.8 Å². The molecule has 1 saturated heterocycles. The largest absolute Gasteiger partial charge is 0.493 e. The van der Waals surface area contributed by atoms with Crippen LogP contribution in [0, 0.1) is 17.6 Å². The third-order valence-electron chi connectivity index (χ3n) is 6.18. The first-order valence-electron chi connectivity index (χ1n) is 10.2. The smallest absolute Gasteiger partial charge is 0.254 e. The average Bonchev–Trinajstić information content (AvgIpc) is 2.99. The van der Waals surface area contributed by atoms with Crippen LogP contribution in [0.4, 0.5) is 14.5 Å². The summed E-state index contributed by atoms with van der Waals surface area (Å²) in [6, 6.07) is 5.40. The fraction of sp³-hybridized carbons (Fsp3) is 0.478. The topological polar surface area (TPSA) is 101 Å².